The third-order valence-corrected chi connectivity index (χ3v) is 7.13. The number of amides is 2. The molecule has 2 amide bonds. The maximum Gasteiger partial charge on any atom is 0.407 e. The van der Waals surface area contributed by atoms with Gasteiger partial charge >= 0.3 is 12.1 Å². The summed E-state index contributed by atoms with van der Waals surface area (Å²) in [6.45, 7) is 4.52. The minimum atomic E-state index is -0.863. The highest BCUT2D eigenvalue weighted by Crippen LogP contribution is 2.44. The number of carboxylic acids is 1. The minimum Gasteiger partial charge on any atom is -0.481 e. The van der Waals surface area contributed by atoms with Crippen molar-refractivity contribution in [3.63, 3.8) is 0 Å². The predicted molar refractivity (Wildman–Crippen MR) is 133 cm³/mol. The molecule has 2 aromatic carbocycles. The number of carbonyl (C=O) groups is 3. The molecule has 1 fully saturated rings. The fraction of sp³-hybridized carbons (Fsp3) is 0.464. The number of alkyl carbamates (subject to hydrolysis) is 1. The van der Waals surface area contributed by atoms with E-state index in [9.17, 15) is 14.4 Å². The number of carbonyl (C=O) groups excluding carboxylic acids is 2. The monoisotopic (exact) mass is 478 g/mol. The van der Waals surface area contributed by atoms with Gasteiger partial charge in [0.05, 0.1) is 0 Å². The van der Waals surface area contributed by atoms with Gasteiger partial charge in [-0.15, -0.1) is 0 Å². The highest BCUT2D eigenvalue weighted by molar-refractivity contribution is 5.79. The van der Waals surface area contributed by atoms with Gasteiger partial charge in [-0.2, -0.15) is 0 Å². The fourth-order valence-corrected chi connectivity index (χ4v) is 5.26. The summed E-state index contributed by atoms with van der Waals surface area (Å²) in [5.41, 5.74) is 4.24. The first-order valence-corrected chi connectivity index (χ1v) is 12.3. The molecule has 0 spiro atoms. The summed E-state index contributed by atoms with van der Waals surface area (Å²) in [5.74, 6) is -0.237. The Balaban J connectivity index is 1.16. The predicted octanol–water partition coefficient (Wildman–Crippen LogP) is 4.70. The average Bonchev–Trinajstić information content (AvgIpc) is 3.11. The van der Waals surface area contributed by atoms with E-state index in [0.717, 1.165) is 12.8 Å². The van der Waals surface area contributed by atoms with E-state index in [1.54, 1.807) is 0 Å². The van der Waals surface area contributed by atoms with Crippen LogP contribution in [0.3, 0.4) is 0 Å². The molecular formula is C28H34N2O5. The van der Waals surface area contributed by atoms with Crippen LogP contribution in [0.5, 0.6) is 0 Å². The lowest BCUT2D eigenvalue weighted by atomic mass is 9.73. The molecule has 0 bridgehead atoms. The molecule has 2 aromatic rings. The summed E-state index contributed by atoms with van der Waals surface area (Å²) in [4.78, 5) is 35.4. The molecule has 4 rings (SSSR count). The van der Waals surface area contributed by atoms with Crippen LogP contribution >= 0.6 is 0 Å². The van der Waals surface area contributed by atoms with Gasteiger partial charge in [0.15, 0.2) is 0 Å². The minimum absolute atomic E-state index is 0.0281. The van der Waals surface area contributed by atoms with Crippen LogP contribution in [0.4, 0.5) is 4.79 Å². The number of hydrogen-bond donors (Lipinski definition) is 3. The molecule has 7 heteroatoms. The fourth-order valence-electron chi connectivity index (χ4n) is 5.26. The second-order valence-corrected chi connectivity index (χ2v) is 10.4. The molecule has 2 aliphatic carbocycles. The number of ether oxygens (including phenoxy) is 1. The van der Waals surface area contributed by atoms with Crippen LogP contribution in [0.15, 0.2) is 48.5 Å². The zero-order valence-corrected chi connectivity index (χ0v) is 20.4. The number of fused-ring (bicyclic) bond motifs is 3. The first-order chi connectivity index (χ1) is 16.7. The standard InChI is InChI=1S/C28H34N2O5/c1-28(2,12-11-26(32)33)30-25(31)15-18-13-19(14-18)16-29-27(34)35-17-24-22-9-5-3-7-20(22)21-8-4-6-10-23(21)24/h3-10,18-19,24H,11-17H2,1-2H3,(H,29,34)(H,30,31)(H,32,33). The van der Waals surface area contributed by atoms with E-state index in [1.165, 1.54) is 22.3 Å². The van der Waals surface area contributed by atoms with Crippen LogP contribution in [-0.2, 0) is 14.3 Å². The van der Waals surface area contributed by atoms with Gasteiger partial charge in [0.25, 0.3) is 0 Å². The molecule has 0 unspecified atom stereocenters. The largest absolute Gasteiger partial charge is 0.481 e. The number of carboxylic acid groups (broad SMARTS) is 1. The highest BCUT2D eigenvalue weighted by Gasteiger charge is 2.33. The third kappa shape index (κ3) is 6.21. The SMILES string of the molecule is CC(C)(CCC(=O)O)NC(=O)CC1CC(CNC(=O)OCC2c3ccccc3-c3ccccc32)C1. The van der Waals surface area contributed by atoms with E-state index < -0.39 is 17.6 Å². The maximum atomic E-state index is 12.4. The van der Waals surface area contributed by atoms with Crippen molar-refractivity contribution in [2.45, 2.75) is 57.4 Å². The van der Waals surface area contributed by atoms with Crippen molar-refractivity contribution in [2.75, 3.05) is 13.2 Å². The Kier molecular flexibility index (Phi) is 7.43. The second kappa shape index (κ2) is 10.5. The van der Waals surface area contributed by atoms with E-state index >= 15 is 0 Å². The normalized spacial score (nSPS) is 18.7. The maximum absolute atomic E-state index is 12.4. The van der Waals surface area contributed by atoms with Crippen molar-refractivity contribution >= 4 is 18.0 Å². The molecule has 2 aliphatic rings. The van der Waals surface area contributed by atoms with Crippen LogP contribution in [0.2, 0.25) is 0 Å². The Hall–Kier alpha value is -3.35. The lowest BCUT2D eigenvalue weighted by molar-refractivity contribution is -0.138. The van der Waals surface area contributed by atoms with Gasteiger partial charge in [-0.05, 0) is 67.2 Å². The molecular weight excluding hydrogens is 444 g/mol. The number of aliphatic carboxylic acids is 1. The van der Waals surface area contributed by atoms with Crippen molar-refractivity contribution < 1.29 is 24.2 Å². The lowest BCUT2D eigenvalue weighted by Crippen LogP contribution is -2.45. The molecule has 0 radical (unpaired) electrons. The van der Waals surface area contributed by atoms with Crippen molar-refractivity contribution in [3.05, 3.63) is 59.7 Å². The van der Waals surface area contributed by atoms with Crippen LogP contribution in [0.1, 0.15) is 63.0 Å². The lowest BCUT2D eigenvalue weighted by Gasteiger charge is -2.36. The Morgan fingerprint density at radius 2 is 1.57 bits per heavy atom. The van der Waals surface area contributed by atoms with Gasteiger partial charge in [-0.25, -0.2) is 4.79 Å². The zero-order valence-electron chi connectivity index (χ0n) is 20.4. The topological polar surface area (TPSA) is 105 Å². The summed E-state index contributed by atoms with van der Waals surface area (Å²) in [5, 5.41) is 14.7. The molecule has 0 aliphatic heterocycles. The van der Waals surface area contributed by atoms with Gasteiger partial charge in [-0.1, -0.05) is 48.5 Å². The third-order valence-electron chi connectivity index (χ3n) is 7.13. The molecule has 7 nitrogen and oxygen atoms in total. The smallest absolute Gasteiger partial charge is 0.407 e. The van der Waals surface area contributed by atoms with Crippen molar-refractivity contribution in [1.29, 1.82) is 0 Å². The van der Waals surface area contributed by atoms with E-state index in [0.29, 0.717) is 37.8 Å². The van der Waals surface area contributed by atoms with Gasteiger partial charge in [0.1, 0.15) is 6.61 Å². The Morgan fingerprint density at radius 1 is 0.971 bits per heavy atom. The van der Waals surface area contributed by atoms with Crippen LogP contribution in [0.25, 0.3) is 11.1 Å². The van der Waals surface area contributed by atoms with Crippen LogP contribution in [0, 0.1) is 11.8 Å². The molecule has 186 valence electrons. The molecule has 3 N–H and O–H groups in total. The average molecular weight is 479 g/mol. The van der Waals surface area contributed by atoms with Crippen molar-refractivity contribution in [1.82, 2.24) is 10.6 Å². The second-order valence-electron chi connectivity index (χ2n) is 10.4. The molecule has 0 atom stereocenters. The number of benzene rings is 2. The van der Waals surface area contributed by atoms with Crippen LogP contribution in [-0.4, -0.2) is 41.8 Å². The number of rotatable bonds is 10. The first-order valence-electron chi connectivity index (χ1n) is 12.3. The van der Waals surface area contributed by atoms with E-state index in [1.807, 2.05) is 38.1 Å². The Bertz CT molecular complexity index is 1040. The zero-order chi connectivity index (χ0) is 25.0. The van der Waals surface area contributed by atoms with Gasteiger partial charge < -0.3 is 20.5 Å². The summed E-state index contributed by atoms with van der Waals surface area (Å²) < 4.78 is 5.59. The Morgan fingerprint density at radius 3 is 2.17 bits per heavy atom. The summed E-state index contributed by atoms with van der Waals surface area (Å²) in [6.07, 6.45) is 2.20. The molecule has 35 heavy (non-hydrogen) atoms. The van der Waals surface area contributed by atoms with Crippen molar-refractivity contribution in [3.8, 4) is 11.1 Å². The molecule has 0 heterocycles. The van der Waals surface area contributed by atoms with Gasteiger partial charge in [0, 0.05) is 30.8 Å². The van der Waals surface area contributed by atoms with E-state index in [4.69, 9.17) is 9.84 Å². The first kappa shape index (κ1) is 24.8. The molecule has 0 aromatic heterocycles. The summed E-state index contributed by atoms with van der Waals surface area (Å²) in [6, 6.07) is 16.5. The van der Waals surface area contributed by atoms with E-state index in [-0.39, 0.29) is 18.2 Å². The summed E-state index contributed by atoms with van der Waals surface area (Å²) >= 11 is 0. The van der Waals surface area contributed by atoms with E-state index in [2.05, 4.69) is 34.9 Å². The Labute approximate surface area is 206 Å². The summed E-state index contributed by atoms with van der Waals surface area (Å²) in [7, 11) is 0. The highest BCUT2D eigenvalue weighted by atomic mass is 16.5. The molecule has 0 saturated heterocycles. The number of nitrogens with one attached hydrogen (secondary N) is 2. The van der Waals surface area contributed by atoms with Gasteiger partial charge in [-0.3, -0.25) is 9.59 Å². The molecule has 1 saturated carbocycles. The van der Waals surface area contributed by atoms with Crippen molar-refractivity contribution in [2.24, 2.45) is 11.8 Å². The quantitative estimate of drug-likeness (QED) is 0.459. The number of hydrogen-bond acceptors (Lipinski definition) is 4. The van der Waals surface area contributed by atoms with Gasteiger partial charge in [0.2, 0.25) is 5.91 Å². The van der Waals surface area contributed by atoms with Crippen LogP contribution < -0.4 is 10.6 Å².